The Balaban J connectivity index is 2.84. The number of aliphatic hydroxyl groups is 1. The zero-order valence-corrected chi connectivity index (χ0v) is 10.4. The topological polar surface area (TPSA) is 110 Å². The van der Waals surface area contributed by atoms with Crippen LogP contribution >= 0.6 is 0 Å². The second-order valence-electron chi connectivity index (χ2n) is 4.05. The summed E-state index contributed by atoms with van der Waals surface area (Å²) in [7, 11) is 0. The number of nitrogens with zero attached hydrogens (tertiary/aromatic N) is 1. The maximum atomic E-state index is 11.0. The molecule has 1 atom stereocenters. The van der Waals surface area contributed by atoms with Crippen LogP contribution in [-0.4, -0.2) is 26.9 Å². The number of ether oxygens (including phenoxy) is 1. The minimum Gasteiger partial charge on any atom is -0.476 e. The van der Waals surface area contributed by atoms with Gasteiger partial charge in [-0.15, -0.1) is 0 Å². The Morgan fingerprint density at radius 3 is 2.42 bits per heavy atom. The van der Waals surface area contributed by atoms with Crippen LogP contribution in [0.5, 0.6) is 5.75 Å². The molecule has 0 radical (unpaired) electrons. The molecule has 0 spiro atoms. The Labute approximate surface area is 109 Å². The first-order valence-corrected chi connectivity index (χ1v) is 5.78. The first-order chi connectivity index (χ1) is 8.89. The van der Waals surface area contributed by atoms with Gasteiger partial charge in [0, 0.05) is 18.6 Å². The summed E-state index contributed by atoms with van der Waals surface area (Å²) in [5, 5.41) is 29.3. The van der Waals surface area contributed by atoms with Gasteiger partial charge in [-0.25, -0.2) is 4.79 Å². The van der Waals surface area contributed by atoms with Crippen LogP contribution in [-0.2, 0) is 4.79 Å². The van der Waals surface area contributed by atoms with Gasteiger partial charge in [0.2, 0.25) is 0 Å². The summed E-state index contributed by atoms with van der Waals surface area (Å²) in [6.45, 7) is 1.86. The van der Waals surface area contributed by atoms with E-state index in [0.29, 0.717) is 12.8 Å². The average Bonchev–Trinajstić information content (AvgIpc) is 2.36. The number of hydrogen-bond donors (Lipinski definition) is 2. The highest BCUT2D eigenvalue weighted by atomic mass is 16.6. The lowest BCUT2D eigenvalue weighted by molar-refractivity contribution is -0.384. The number of non-ortho nitro benzene ring substituents is 1. The summed E-state index contributed by atoms with van der Waals surface area (Å²) < 4.78 is 5.03. The number of benzene rings is 1. The molecule has 0 aliphatic heterocycles. The molecule has 1 unspecified atom stereocenters. The minimum absolute atomic E-state index is 0.0597. The molecule has 1 aromatic carbocycles. The van der Waals surface area contributed by atoms with Crippen molar-refractivity contribution >= 4 is 11.7 Å². The highest BCUT2D eigenvalue weighted by Gasteiger charge is 2.38. The van der Waals surface area contributed by atoms with E-state index in [1.807, 2.05) is 6.92 Å². The van der Waals surface area contributed by atoms with E-state index >= 15 is 0 Å². The number of unbranched alkanes of at least 4 members (excludes halogenated alkanes) is 1. The molecule has 7 nitrogen and oxygen atoms in total. The molecule has 0 aliphatic rings. The van der Waals surface area contributed by atoms with E-state index in [9.17, 15) is 20.0 Å². The van der Waals surface area contributed by atoms with Crippen LogP contribution < -0.4 is 4.74 Å². The van der Waals surface area contributed by atoms with E-state index in [2.05, 4.69) is 0 Å². The monoisotopic (exact) mass is 269 g/mol. The molecule has 1 rings (SSSR count). The van der Waals surface area contributed by atoms with E-state index in [0.717, 1.165) is 0 Å². The molecule has 0 fully saturated rings. The summed E-state index contributed by atoms with van der Waals surface area (Å²) in [6.07, 6.45) is 1.13. The predicted octanol–water partition coefficient (Wildman–Crippen LogP) is 1.94. The van der Waals surface area contributed by atoms with E-state index in [1.54, 1.807) is 0 Å². The van der Waals surface area contributed by atoms with E-state index in [-0.39, 0.29) is 17.9 Å². The van der Waals surface area contributed by atoms with Crippen LogP contribution in [0.4, 0.5) is 5.69 Å². The summed E-state index contributed by atoms with van der Waals surface area (Å²) in [5.41, 5.74) is -0.139. The van der Waals surface area contributed by atoms with Gasteiger partial charge in [0.1, 0.15) is 5.75 Å². The molecule has 19 heavy (non-hydrogen) atoms. The van der Waals surface area contributed by atoms with Gasteiger partial charge in [-0.1, -0.05) is 13.3 Å². The summed E-state index contributed by atoms with van der Waals surface area (Å²) in [6, 6.07) is 4.85. The number of carbonyl (C=O) groups is 1. The third-order valence-electron chi connectivity index (χ3n) is 2.54. The smallest absolute Gasteiger partial charge is 0.377 e. The number of aliphatic carboxylic acids is 1. The van der Waals surface area contributed by atoms with Gasteiger partial charge in [0.05, 0.1) is 4.92 Å². The Morgan fingerprint density at radius 1 is 1.42 bits per heavy atom. The number of nitro benzene ring substituents is 1. The molecule has 0 saturated heterocycles. The summed E-state index contributed by atoms with van der Waals surface area (Å²) in [5.74, 6) is -3.74. The Morgan fingerprint density at radius 2 is 2.00 bits per heavy atom. The zero-order valence-electron chi connectivity index (χ0n) is 10.4. The van der Waals surface area contributed by atoms with Gasteiger partial charge in [-0.3, -0.25) is 10.1 Å². The van der Waals surface area contributed by atoms with Crippen LogP contribution in [0, 0.1) is 10.1 Å². The molecule has 0 amide bonds. The van der Waals surface area contributed by atoms with Crippen molar-refractivity contribution in [3.05, 3.63) is 34.4 Å². The molecule has 0 aliphatic carbocycles. The van der Waals surface area contributed by atoms with Crippen LogP contribution in [0.1, 0.15) is 26.2 Å². The molecular weight excluding hydrogens is 254 g/mol. The second-order valence-corrected chi connectivity index (χ2v) is 4.05. The number of rotatable bonds is 7. The zero-order chi connectivity index (χ0) is 14.5. The highest BCUT2D eigenvalue weighted by Crippen LogP contribution is 2.24. The predicted molar refractivity (Wildman–Crippen MR) is 65.8 cm³/mol. The van der Waals surface area contributed by atoms with Crippen molar-refractivity contribution in [2.45, 2.75) is 32.0 Å². The third-order valence-corrected chi connectivity index (χ3v) is 2.54. The van der Waals surface area contributed by atoms with Crippen LogP contribution in [0.25, 0.3) is 0 Å². The lowest BCUT2D eigenvalue weighted by Crippen LogP contribution is -2.44. The summed E-state index contributed by atoms with van der Waals surface area (Å²) in [4.78, 5) is 20.9. The van der Waals surface area contributed by atoms with Gasteiger partial charge in [0.25, 0.3) is 5.69 Å². The van der Waals surface area contributed by atoms with Gasteiger partial charge in [-0.2, -0.15) is 0 Å². The van der Waals surface area contributed by atoms with Crippen molar-refractivity contribution in [1.29, 1.82) is 0 Å². The van der Waals surface area contributed by atoms with E-state index < -0.39 is 16.7 Å². The first kappa shape index (κ1) is 14.9. The normalized spacial score (nSPS) is 13.6. The molecule has 0 bridgehead atoms. The SMILES string of the molecule is CCCCC(O)(Oc1ccc([N+](=O)[O-])cc1)C(=O)O. The Bertz CT molecular complexity index is 458. The van der Waals surface area contributed by atoms with Gasteiger partial charge in [0.15, 0.2) is 0 Å². The molecule has 104 valence electrons. The molecule has 7 heteroatoms. The third kappa shape index (κ3) is 3.92. The van der Waals surface area contributed by atoms with Crippen LogP contribution in [0.15, 0.2) is 24.3 Å². The number of nitro groups is 1. The molecule has 1 aromatic rings. The van der Waals surface area contributed by atoms with Crippen LogP contribution in [0.3, 0.4) is 0 Å². The van der Waals surface area contributed by atoms with Gasteiger partial charge in [-0.05, 0) is 18.6 Å². The van der Waals surface area contributed by atoms with Crippen molar-refractivity contribution < 1.29 is 24.7 Å². The van der Waals surface area contributed by atoms with E-state index in [4.69, 9.17) is 9.84 Å². The molecule has 2 N–H and O–H groups in total. The lowest BCUT2D eigenvalue weighted by atomic mass is 10.1. The molecule has 0 saturated carbocycles. The molecule has 0 heterocycles. The second kappa shape index (κ2) is 6.14. The number of carboxylic acid groups (broad SMARTS) is 1. The quantitative estimate of drug-likeness (QED) is 0.444. The maximum Gasteiger partial charge on any atom is 0.377 e. The highest BCUT2D eigenvalue weighted by molar-refractivity contribution is 5.75. The van der Waals surface area contributed by atoms with E-state index in [1.165, 1.54) is 24.3 Å². The van der Waals surface area contributed by atoms with Gasteiger partial charge < -0.3 is 14.9 Å². The lowest BCUT2D eigenvalue weighted by Gasteiger charge is -2.24. The van der Waals surface area contributed by atoms with Crippen LogP contribution in [0.2, 0.25) is 0 Å². The fraction of sp³-hybridized carbons (Fsp3) is 0.417. The van der Waals surface area contributed by atoms with Crippen molar-refractivity contribution in [3.63, 3.8) is 0 Å². The van der Waals surface area contributed by atoms with Crippen molar-refractivity contribution in [1.82, 2.24) is 0 Å². The standard InChI is InChI=1S/C12H15NO6/c1-2-3-8-12(16,11(14)15)19-10-6-4-9(5-7-10)13(17)18/h4-7,16H,2-3,8H2,1H3,(H,14,15). The first-order valence-electron chi connectivity index (χ1n) is 5.78. The van der Waals surface area contributed by atoms with Crippen molar-refractivity contribution in [2.75, 3.05) is 0 Å². The maximum absolute atomic E-state index is 11.0. The number of hydrogen-bond acceptors (Lipinski definition) is 5. The van der Waals surface area contributed by atoms with Gasteiger partial charge >= 0.3 is 11.8 Å². The fourth-order valence-corrected chi connectivity index (χ4v) is 1.45. The minimum atomic E-state index is -2.31. The Kier molecular flexibility index (Phi) is 4.82. The molecule has 0 aromatic heterocycles. The average molecular weight is 269 g/mol. The summed E-state index contributed by atoms with van der Waals surface area (Å²) >= 11 is 0. The number of carboxylic acids is 1. The largest absolute Gasteiger partial charge is 0.476 e. The Hall–Kier alpha value is -2.15. The van der Waals surface area contributed by atoms with Crippen molar-refractivity contribution in [2.24, 2.45) is 0 Å². The van der Waals surface area contributed by atoms with Crippen molar-refractivity contribution in [3.8, 4) is 5.75 Å². The fourth-order valence-electron chi connectivity index (χ4n) is 1.45. The molecular formula is C12H15NO6.